The number of carboxylic acids is 1. The Morgan fingerprint density at radius 3 is 2.50 bits per heavy atom. The summed E-state index contributed by atoms with van der Waals surface area (Å²) in [7, 11) is 0. The van der Waals surface area contributed by atoms with Crippen LogP contribution in [-0.4, -0.2) is 16.1 Å². The molecule has 20 heavy (non-hydrogen) atoms. The summed E-state index contributed by atoms with van der Waals surface area (Å²) in [4.78, 5) is 16.4. The normalized spacial score (nSPS) is 11.7. The Morgan fingerprint density at radius 1 is 1.35 bits per heavy atom. The molecule has 0 unspecified atom stereocenters. The minimum Gasteiger partial charge on any atom is -0.476 e. The van der Waals surface area contributed by atoms with Crippen molar-refractivity contribution in [2.75, 3.05) is 0 Å². The van der Waals surface area contributed by atoms with Crippen LogP contribution in [0.3, 0.4) is 0 Å². The van der Waals surface area contributed by atoms with Gasteiger partial charge >= 0.3 is 5.97 Å². The van der Waals surface area contributed by atoms with E-state index < -0.39 is 5.97 Å². The standard InChI is InChI=1S/C15H16BrNO2S/c1-8-5-6-9(7-10(8)16)12-11(13(18)19)17-14(20-12)15(2,3)4/h5-7H,1-4H3,(H,18,19). The third kappa shape index (κ3) is 2.94. The zero-order valence-corrected chi connectivity index (χ0v) is 14.2. The smallest absolute Gasteiger partial charge is 0.356 e. The first-order valence-corrected chi connectivity index (χ1v) is 7.82. The SMILES string of the molecule is Cc1ccc(-c2sc(C(C)(C)C)nc2C(=O)O)cc1Br. The lowest BCUT2D eigenvalue weighted by molar-refractivity contribution is 0.0692. The van der Waals surface area contributed by atoms with Gasteiger partial charge < -0.3 is 5.11 Å². The van der Waals surface area contributed by atoms with Crippen molar-refractivity contribution in [1.82, 2.24) is 4.98 Å². The van der Waals surface area contributed by atoms with Crippen molar-refractivity contribution >= 4 is 33.2 Å². The van der Waals surface area contributed by atoms with Crippen LogP contribution in [0.4, 0.5) is 0 Å². The number of hydrogen-bond acceptors (Lipinski definition) is 3. The van der Waals surface area contributed by atoms with Gasteiger partial charge in [-0.05, 0) is 24.1 Å². The number of aromatic nitrogens is 1. The topological polar surface area (TPSA) is 50.2 Å². The van der Waals surface area contributed by atoms with Crippen molar-refractivity contribution < 1.29 is 9.90 Å². The molecule has 0 aliphatic carbocycles. The fraction of sp³-hybridized carbons (Fsp3) is 0.333. The molecule has 0 spiro atoms. The molecule has 0 aliphatic heterocycles. The minimum absolute atomic E-state index is 0.135. The van der Waals surface area contributed by atoms with Crippen LogP contribution in [0.1, 0.15) is 41.8 Å². The van der Waals surface area contributed by atoms with E-state index in [4.69, 9.17) is 0 Å². The van der Waals surface area contributed by atoms with Crippen molar-refractivity contribution in [3.05, 3.63) is 38.9 Å². The number of nitrogens with zero attached hydrogens (tertiary/aromatic N) is 1. The maximum atomic E-state index is 11.4. The van der Waals surface area contributed by atoms with E-state index in [2.05, 4.69) is 20.9 Å². The van der Waals surface area contributed by atoms with Gasteiger partial charge in [-0.25, -0.2) is 9.78 Å². The van der Waals surface area contributed by atoms with Gasteiger partial charge in [0.2, 0.25) is 0 Å². The number of benzene rings is 1. The predicted octanol–water partition coefficient (Wildman–Crippen LogP) is 4.88. The van der Waals surface area contributed by atoms with E-state index in [0.717, 1.165) is 20.6 Å². The molecule has 1 heterocycles. The average Bonchev–Trinajstić information content (AvgIpc) is 2.77. The van der Waals surface area contributed by atoms with Crippen LogP contribution in [0, 0.1) is 6.92 Å². The summed E-state index contributed by atoms with van der Waals surface area (Å²) in [5.74, 6) is -0.983. The fourth-order valence-corrected chi connectivity index (χ4v) is 3.21. The van der Waals surface area contributed by atoms with E-state index >= 15 is 0 Å². The number of carbonyl (C=O) groups is 1. The number of thiazole rings is 1. The van der Waals surface area contributed by atoms with Crippen LogP contribution < -0.4 is 0 Å². The summed E-state index contributed by atoms with van der Waals surface area (Å²) < 4.78 is 0.969. The van der Waals surface area contributed by atoms with Gasteiger partial charge in [0, 0.05) is 9.89 Å². The molecule has 0 atom stereocenters. The number of hydrogen-bond donors (Lipinski definition) is 1. The van der Waals surface area contributed by atoms with Gasteiger partial charge in [0.25, 0.3) is 0 Å². The molecule has 106 valence electrons. The van der Waals surface area contributed by atoms with Crippen molar-refractivity contribution in [3.63, 3.8) is 0 Å². The van der Waals surface area contributed by atoms with Crippen LogP contribution in [0.15, 0.2) is 22.7 Å². The Balaban J connectivity index is 2.63. The second-order valence-electron chi connectivity index (χ2n) is 5.72. The molecule has 2 aromatic rings. The molecule has 3 nitrogen and oxygen atoms in total. The van der Waals surface area contributed by atoms with E-state index in [0.29, 0.717) is 4.88 Å². The molecule has 1 N–H and O–H groups in total. The Kier molecular flexibility index (Phi) is 4.02. The van der Waals surface area contributed by atoms with Gasteiger partial charge in [-0.15, -0.1) is 11.3 Å². The summed E-state index contributed by atoms with van der Waals surface area (Å²) in [6.07, 6.45) is 0. The highest BCUT2D eigenvalue weighted by atomic mass is 79.9. The molecule has 0 amide bonds. The average molecular weight is 354 g/mol. The second-order valence-corrected chi connectivity index (χ2v) is 7.57. The van der Waals surface area contributed by atoms with Crippen molar-refractivity contribution in [2.45, 2.75) is 33.1 Å². The Morgan fingerprint density at radius 2 is 2.00 bits per heavy atom. The highest BCUT2D eigenvalue weighted by Crippen LogP contribution is 2.37. The maximum Gasteiger partial charge on any atom is 0.356 e. The third-order valence-electron chi connectivity index (χ3n) is 2.91. The van der Waals surface area contributed by atoms with E-state index in [-0.39, 0.29) is 11.1 Å². The van der Waals surface area contributed by atoms with Crippen LogP contribution in [0.2, 0.25) is 0 Å². The quantitative estimate of drug-likeness (QED) is 0.837. The van der Waals surface area contributed by atoms with Crippen molar-refractivity contribution in [3.8, 4) is 10.4 Å². The van der Waals surface area contributed by atoms with E-state index in [1.807, 2.05) is 45.9 Å². The lowest BCUT2D eigenvalue weighted by atomic mass is 9.98. The summed E-state index contributed by atoms with van der Waals surface area (Å²) in [6.45, 7) is 8.10. The molecule has 1 aromatic carbocycles. The molecule has 0 bridgehead atoms. The zero-order valence-electron chi connectivity index (χ0n) is 11.8. The lowest BCUT2D eigenvalue weighted by Crippen LogP contribution is -2.11. The largest absolute Gasteiger partial charge is 0.476 e. The first-order chi connectivity index (χ1) is 9.20. The molecule has 2 rings (SSSR count). The summed E-state index contributed by atoms with van der Waals surface area (Å²) >= 11 is 4.94. The number of rotatable bonds is 2. The first kappa shape index (κ1) is 15.2. The molecular weight excluding hydrogens is 338 g/mol. The van der Waals surface area contributed by atoms with Crippen LogP contribution in [0.25, 0.3) is 10.4 Å². The van der Waals surface area contributed by atoms with Crippen LogP contribution >= 0.6 is 27.3 Å². The van der Waals surface area contributed by atoms with E-state index in [9.17, 15) is 9.90 Å². The molecule has 0 aliphatic rings. The fourth-order valence-electron chi connectivity index (χ4n) is 1.72. The van der Waals surface area contributed by atoms with Gasteiger partial charge in [0.05, 0.1) is 9.88 Å². The van der Waals surface area contributed by atoms with Crippen LogP contribution in [-0.2, 0) is 5.41 Å². The number of aryl methyl sites for hydroxylation is 1. The lowest BCUT2D eigenvalue weighted by Gasteiger charge is -2.13. The number of carboxylic acid groups (broad SMARTS) is 1. The van der Waals surface area contributed by atoms with Gasteiger partial charge in [0.1, 0.15) is 0 Å². The Labute approximate surface area is 130 Å². The Bertz CT molecular complexity index is 671. The highest BCUT2D eigenvalue weighted by Gasteiger charge is 2.25. The van der Waals surface area contributed by atoms with Gasteiger partial charge in [0.15, 0.2) is 5.69 Å². The first-order valence-electron chi connectivity index (χ1n) is 6.21. The van der Waals surface area contributed by atoms with Crippen LogP contribution in [0.5, 0.6) is 0 Å². The van der Waals surface area contributed by atoms with E-state index in [1.54, 1.807) is 0 Å². The van der Waals surface area contributed by atoms with Gasteiger partial charge in [-0.3, -0.25) is 0 Å². The number of halogens is 1. The molecule has 5 heteroatoms. The minimum atomic E-state index is -0.983. The number of aromatic carboxylic acids is 1. The van der Waals surface area contributed by atoms with Crippen molar-refractivity contribution in [2.24, 2.45) is 0 Å². The summed E-state index contributed by atoms with van der Waals surface area (Å²) in [5, 5.41) is 10.2. The monoisotopic (exact) mass is 353 g/mol. The zero-order chi connectivity index (χ0) is 15.1. The third-order valence-corrected chi connectivity index (χ3v) is 5.29. The van der Waals surface area contributed by atoms with E-state index in [1.165, 1.54) is 11.3 Å². The highest BCUT2D eigenvalue weighted by molar-refractivity contribution is 9.10. The molecule has 0 radical (unpaired) electrons. The van der Waals surface area contributed by atoms with Crippen molar-refractivity contribution in [1.29, 1.82) is 0 Å². The maximum absolute atomic E-state index is 11.4. The Hall–Kier alpha value is -1.20. The molecular formula is C15H16BrNO2S. The summed E-state index contributed by atoms with van der Waals surface area (Å²) in [5.41, 5.74) is 1.98. The molecule has 0 saturated carbocycles. The molecule has 0 saturated heterocycles. The molecule has 0 fully saturated rings. The van der Waals surface area contributed by atoms with Gasteiger partial charge in [-0.2, -0.15) is 0 Å². The summed E-state index contributed by atoms with van der Waals surface area (Å²) in [6, 6.07) is 5.86. The predicted molar refractivity (Wildman–Crippen MR) is 85.6 cm³/mol. The second kappa shape index (κ2) is 5.30. The molecule has 1 aromatic heterocycles. The van der Waals surface area contributed by atoms with Gasteiger partial charge in [-0.1, -0.05) is 48.8 Å².